The van der Waals surface area contributed by atoms with E-state index in [1.165, 1.54) is 0 Å². The standard InChI is InChI=1S/C16H14N6O3S/c17-15(24)14(23)11(8-9-4-3-7-18-9)20-16(25)13-12(21-26-22-13)10-5-1-2-6-19-10/h1-7,11,18H,8H2,(H2,17,24)(H,20,25). The molecule has 0 aliphatic carbocycles. The molecule has 3 aromatic rings. The maximum absolute atomic E-state index is 12.6. The second-order valence-corrected chi connectivity index (χ2v) is 5.86. The third kappa shape index (κ3) is 3.81. The first-order valence-corrected chi connectivity index (χ1v) is 8.30. The molecule has 3 aromatic heterocycles. The van der Waals surface area contributed by atoms with Gasteiger partial charge in [-0.1, -0.05) is 6.07 Å². The van der Waals surface area contributed by atoms with Crippen LogP contribution >= 0.6 is 11.7 Å². The van der Waals surface area contributed by atoms with Crippen LogP contribution in [-0.4, -0.2) is 42.4 Å². The minimum Gasteiger partial charge on any atom is -0.365 e. The SMILES string of the molecule is NC(=O)C(=O)C(Cc1ccc[nH]1)NC(=O)c1nsnc1-c1ccccn1. The lowest BCUT2D eigenvalue weighted by atomic mass is 10.1. The van der Waals surface area contributed by atoms with Gasteiger partial charge in [0.2, 0.25) is 5.78 Å². The second-order valence-electron chi connectivity index (χ2n) is 5.33. The highest BCUT2D eigenvalue weighted by Gasteiger charge is 2.28. The monoisotopic (exact) mass is 370 g/mol. The fraction of sp³-hybridized carbons (Fsp3) is 0.125. The Balaban J connectivity index is 1.83. The number of pyridine rings is 1. The van der Waals surface area contributed by atoms with Crippen LogP contribution in [0.3, 0.4) is 0 Å². The highest BCUT2D eigenvalue weighted by molar-refractivity contribution is 6.99. The summed E-state index contributed by atoms with van der Waals surface area (Å²) in [4.78, 5) is 43.1. The van der Waals surface area contributed by atoms with Crippen molar-refractivity contribution in [3.63, 3.8) is 0 Å². The summed E-state index contributed by atoms with van der Waals surface area (Å²) in [6.07, 6.45) is 3.34. The van der Waals surface area contributed by atoms with E-state index in [-0.39, 0.29) is 12.1 Å². The highest BCUT2D eigenvalue weighted by Crippen LogP contribution is 2.19. The first-order valence-electron chi connectivity index (χ1n) is 7.57. The van der Waals surface area contributed by atoms with Crippen molar-refractivity contribution in [3.8, 4) is 11.4 Å². The molecule has 9 nitrogen and oxygen atoms in total. The van der Waals surface area contributed by atoms with Crippen molar-refractivity contribution < 1.29 is 14.4 Å². The summed E-state index contributed by atoms with van der Waals surface area (Å²) >= 11 is 0.853. The molecule has 0 spiro atoms. The Bertz CT molecular complexity index is 923. The Morgan fingerprint density at radius 1 is 1.19 bits per heavy atom. The molecule has 0 aromatic carbocycles. The van der Waals surface area contributed by atoms with Crippen LogP contribution in [0.1, 0.15) is 16.2 Å². The molecule has 0 aliphatic heterocycles. The van der Waals surface area contributed by atoms with Gasteiger partial charge in [0.05, 0.1) is 17.4 Å². The van der Waals surface area contributed by atoms with Gasteiger partial charge in [-0.05, 0) is 24.3 Å². The van der Waals surface area contributed by atoms with Gasteiger partial charge >= 0.3 is 0 Å². The van der Waals surface area contributed by atoms with E-state index < -0.39 is 23.6 Å². The van der Waals surface area contributed by atoms with E-state index >= 15 is 0 Å². The molecule has 1 unspecified atom stereocenters. The van der Waals surface area contributed by atoms with E-state index in [1.807, 2.05) is 0 Å². The topological polar surface area (TPSA) is 144 Å². The molecule has 0 fully saturated rings. The zero-order valence-corrected chi connectivity index (χ0v) is 14.2. The molecule has 10 heteroatoms. The van der Waals surface area contributed by atoms with Crippen LogP contribution in [0, 0.1) is 0 Å². The molecule has 26 heavy (non-hydrogen) atoms. The average molecular weight is 370 g/mol. The summed E-state index contributed by atoms with van der Waals surface area (Å²) in [5.41, 5.74) is 6.58. The third-order valence-electron chi connectivity index (χ3n) is 3.56. The fourth-order valence-corrected chi connectivity index (χ4v) is 2.88. The number of nitrogens with one attached hydrogen (secondary N) is 2. The summed E-state index contributed by atoms with van der Waals surface area (Å²) in [7, 11) is 0. The van der Waals surface area contributed by atoms with Crippen molar-refractivity contribution >= 4 is 29.3 Å². The Morgan fingerprint density at radius 3 is 2.69 bits per heavy atom. The van der Waals surface area contributed by atoms with Crippen molar-refractivity contribution in [3.05, 3.63) is 54.1 Å². The number of Topliss-reactive ketones (excluding diaryl/α,β-unsaturated/α-hetero) is 1. The lowest BCUT2D eigenvalue weighted by molar-refractivity contribution is -0.137. The molecule has 3 heterocycles. The van der Waals surface area contributed by atoms with Gasteiger partial charge < -0.3 is 16.0 Å². The smallest absolute Gasteiger partial charge is 0.287 e. The summed E-state index contributed by atoms with van der Waals surface area (Å²) in [6, 6.07) is 7.55. The van der Waals surface area contributed by atoms with Crippen LogP contribution in [0.5, 0.6) is 0 Å². The average Bonchev–Trinajstić information content (AvgIpc) is 3.32. The number of aromatic amines is 1. The molecule has 0 saturated carbocycles. The molecular formula is C16H14N6O3S. The van der Waals surface area contributed by atoms with Gasteiger partial charge in [-0.15, -0.1) is 0 Å². The second kappa shape index (κ2) is 7.66. The third-order valence-corrected chi connectivity index (χ3v) is 4.09. The van der Waals surface area contributed by atoms with Crippen molar-refractivity contribution in [2.45, 2.75) is 12.5 Å². The van der Waals surface area contributed by atoms with Crippen molar-refractivity contribution in [2.75, 3.05) is 0 Å². The highest BCUT2D eigenvalue weighted by atomic mass is 32.1. The van der Waals surface area contributed by atoms with E-state index in [0.29, 0.717) is 17.1 Å². The first-order chi connectivity index (χ1) is 12.6. The van der Waals surface area contributed by atoms with Gasteiger partial charge in [-0.25, -0.2) is 0 Å². The predicted octanol–water partition coefficient (Wildman–Crippen LogP) is 0.324. The first kappa shape index (κ1) is 17.4. The predicted molar refractivity (Wildman–Crippen MR) is 93.1 cm³/mol. The van der Waals surface area contributed by atoms with Crippen LogP contribution in [0.4, 0.5) is 0 Å². The van der Waals surface area contributed by atoms with Crippen LogP contribution < -0.4 is 11.1 Å². The number of nitrogens with zero attached hydrogens (tertiary/aromatic N) is 3. The van der Waals surface area contributed by atoms with Crippen LogP contribution in [0.25, 0.3) is 11.4 Å². The zero-order chi connectivity index (χ0) is 18.5. The largest absolute Gasteiger partial charge is 0.365 e. The van der Waals surface area contributed by atoms with E-state index in [2.05, 4.69) is 24.0 Å². The number of hydrogen-bond donors (Lipinski definition) is 3. The van der Waals surface area contributed by atoms with Gasteiger partial charge in [-0.3, -0.25) is 19.4 Å². The number of nitrogens with two attached hydrogens (primary N) is 1. The van der Waals surface area contributed by atoms with Gasteiger partial charge in [-0.2, -0.15) is 8.75 Å². The molecule has 2 amide bonds. The van der Waals surface area contributed by atoms with Crippen molar-refractivity contribution in [1.82, 2.24) is 24.0 Å². The maximum Gasteiger partial charge on any atom is 0.287 e. The zero-order valence-electron chi connectivity index (χ0n) is 13.4. The van der Waals surface area contributed by atoms with Gasteiger partial charge in [0.15, 0.2) is 5.69 Å². The molecule has 3 rings (SSSR count). The summed E-state index contributed by atoms with van der Waals surface area (Å²) < 4.78 is 8.08. The lowest BCUT2D eigenvalue weighted by Crippen LogP contribution is -2.47. The molecule has 4 N–H and O–H groups in total. The number of ketones is 1. The summed E-state index contributed by atoms with van der Waals surface area (Å²) in [5.74, 6) is -2.65. The Kier molecular flexibility index (Phi) is 5.13. The number of carbonyl (C=O) groups excluding carboxylic acids is 3. The molecule has 0 aliphatic rings. The maximum atomic E-state index is 12.6. The molecular weight excluding hydrogens is 356 g/mol. The number of H-pyrrole nitrogens is 1. The number of hydrogen-bond acceptors (Lipinski definition) is 7. The minimum absolute atomic E-state index is 0.0301. The number of rotatable bonds is 7. The fourth-order valence-electron chi connectivity index (χ4n) is 2.33. The van der Waals surface area contributed by atoms with Crippen LogP contribution in [0.2, 0.25) is 0 Å². The normalized spacial score (nSPS) is 11.7. The van der Waals surface area contributed by atoms with Crippen molar-refractivity contribution in [1.29, 1.82) is 0 Å². The summed E-state index contributed by atoms with van der Waals surface area (Å²) in [6.45, 7) is 0. The molecule has 132 valence electrons. The van der Waals surface area contributed by atoms with E-state index in [1.54, 1.807) is 42.7 Å². The van der Waals surface area contributed by atoms with Gasteiger partial charge in [0.25, 0.3) is 11.8 Å². The minimum atomic E-state index is -1.12. The Morgan fingerprint density at radius 2 is 2.04 bits per heavy atom. The van der Waals surface area contributed by atoms with E-state index in [0.717, 1.165) is 11.7 Å². The van der Waals surface area contributed by atoms with Gasteiger partial charge in [0.1, 0.15) is 11.7 Å². The summed E-state index contributed by atoms with van der Waals surface area (Å²) in [5, 5.41) is 2.52. The Hall–Kier alpha value is -3.40. The van der Waals surface area contributed by atoms with Crippen LogP contribution in [-0.2, 0) is 16.0 Å². The number of primary amides is 1. The molecule has 0 saturated heterocycles. The quantitative estimate of drug-likeness (QED) is 0.511. The molecule has 1 atom stereocenters. The molecule has 0 radical (unpaired) electrons. The number of aromatic nitrogens is 4. The number of amides is 2. The van der Waals surface area contributed by atoms with E-state index in [4.69, 9.17) is 5.73 Å². The van der Waals surface area contributed by atoms with Crippen LogP contribution in [0.15, 0.2) is 42.7 Å². The molecule has 0 bridgehead atoms. The van der Waals surface area contributed by atoms with E-state index in [9.17, 15) is 14.4 Å². The lowest BCUT2D eigenvalue weighted by Gasteiger charge is -2.15. The van der Waals surface area contributed by atoms with Crippen molar-refractivity contribution in [2.24, 2.45) is 5.73 Å². The Labute approximate surface area is 152 Å². The number of carbonyl (C=O) groups is 3. The van der Waals surface area contributed by atoms with Gasteiger partial charge in [0, 0.05) is 24.5 Å².